The number of halogens is 1. The fourth-order valence-corrected chi connectivity index (χ4v) is 3.29. The van der Waals surface area contributed by atoms with E-state index >= 15 is 0 Å². The Balaban J connectivity index is 0.00000363. The molecule has 2 aliphatic heterocycles. The van der Waals surface area contributed by atoms with Gasteiger partial charge in [0, 0.05) is 46.3 Å². The summed E-state index contributed by atoms with van der Waals surface area (Å²) in [5.74, 6) is 2.37. The molecule has 0 aromatic carbocycles. The van der Waals surface area contributed by atoms with Crippen molar-refractivity contribution >= 4 is 36.0 Å². The molecule has 0 spiro atoms. The first-order valence-electron chi connectivity index (χ1n) is 10.9. The van der Waals surface area contributed by atoms with Gasteiger partial charge in [-0.05, 0) is 27.7 Å². The second-order valence-electron chi connectivity index (χ2n) is 8.99. The van der Waals surface area contributed by atoms with Crippen molar-refractivity contribution in [3.63, 3.8) is 0 Å². The highest BCUT2D eigenvalue weighted by atomic mass is 127. The van der Waals surface area contributed by atoms with E-state index < -0.39 is 5.60 Å². The Morgan fingerprint density at radius 1 is 1.25 bits per heavy atom. The molecule has 2 aliphatic rings. The molecule has 11 nitrogen and oxygen atoms in total. The van der Waals surface area contributed by atoms with Crippen LogP contribution in [0.15, 0.2) is 4.99 Å². The third kappa shape index (κ3) is 8.03. The van der Waals surface area contributed by atoms with Gasteiger partial charge in [-0.3, -0.25) is 4.90 Å². The molecule has 0 saturated carbocycles. The summed E-state index contributed by atoms with van der Waals surface area (Å²) in [6.07, 6.45) is -0.279. The van der Waals surface area contributed by atoms with Gasteiger partial charge in [0.2, 0.25) is 0 Å². The largest absolute Gasteiger partial charge is 0.444 e. The van der Waals surface area contributed by atoms with Gasteiger partial charge in [0.1, 0.15) is 18.0 Å². The minimum atomic E-state index is -0.489. The van der Waals surface area contributed by atoms with Crippen LogP contribution in [0, 0.1) is 6.92 Å². The smallest absolute Gasteiger partial charge is 0.410 e. The van der Waals surface area contributed by atoms with Crippen molar-refractivity contribution in [2.75, 3.05) is 52.5 Å². The molecule has 1 amide bonds. The Morgan fingerprint density at radius 3 is 2.53 bits per heavy atom. The number of likely N-dealkylation sites (tertiary alicyclic amines) is 1. The lowest BCUT2D eigenvalue weighted by Gasteiger charge is -2.40. The fraction of sp³-hybridized carbons (Fsp3) is 0.800. The Kier molecular flexibility index (Phi) is 9.95. The molecule has 2 fully saturated rings. The number of aryl methyl sites for hydroxylation is 1. The number of aliphatic imine (C=N–C) groups is 1. The van der Waals surface area contributed by atoms with Crippen molar-refractivity contribution in [2.24, 2.45) is 12.0 Å². The van der Waals surface area contributed by atoms with Crippen molar-refractivity contribution in [2.45, 2.75) is 45.9 Å². The van der Waals surface area contributed by atoms with Crippen LogP contribution >= 0.6 is 24.0 Å². The summed E-state index contributed by atoms with van der Waals surface area (Å²) in [6, 6.07) is 0.128. The van der Waals surface area contributed by atoms with Crippen molar-refractivity contribution in [1.29, 1.82) is 0 Å². The number of guanidine groups is 1. The molecule has 3 rings (SSSR count). The third-order valence-electron chi connectivity index (χ3n) is 5.26. The zero-order valence-corrected chi connectivity index (χ0v) is 22.1. The lowest BCUT2D eigenvalue weighted by Crippen LogP contribution is -2.63. The van der Waals surface area contributed by atoms with E-state index in [1.807, 2.05) is 39.3 Å². The minimum Gasteiger partial charge on any atom is -0.444 e. The predicted octanol–water partition coefficient (Wildman–Crippen LogP) is 0.728. The highest BCUT2D eigenvalue weighted by Crippen LogP contribution is 2.15. The zero-order valence-electron chi connectivity index (χ0n) is 19.8. The van der Waals surface area contributed by atoms with Crippen LogP contribution in [-0.2, 0) is 23.1 Å². The van der Waals surface area contributed by atoms with E-state index in [4.69, 9.17) is 14.5 Å². The number of amides is 1. The van der Waals surface area contributed by atoms with Crippen molar-refractivity contribution < 1.29 is 14.3 Å². The Labute approximate surface area is 207 Å². The Morgan fingerprint density at radius 2 is 1.94 bits per heavy atom. The van der Waals surface area contributed by atoms with Crippen LogP contribution in [0.3, 0.4) is 0 Å². The first kappa shape index (κ1) is 26.6. The van der Waals surface area contributed by atoms with E-state index in [0.29, 0.717) is 25.6 Å². The van der Waals surface area contributed by atoms with Gasteiger partial charge in [-0.25, -0.2) is 9.79 Å². The maximum absolute atomic E-state index is 12.2. The van der Waals surface area contributed by atoms with Gasteiger partial charge in [0.25, 0.3) is 0 Å². The number of rotatable bonds is 6. The van der Waals surface area contributed by atoms with Gasteiger partial charge in [0.15, 0.2) is 11.8 Å². The summed E-state index contributed by atoms with van der Waals surface area (Å²) < 4.78 is 12.8. The topological polar surface area (TPSA) is 109 Å². The van der Waals surface area contributed by atoms with Crippen LogP contribution in [0.4, 0.5) is 4.79 Å². The third-order valence-corrected chi connectivity index (χ3v) is 5.26. The van der Waals surface area contributed by atoms with Crippen LogP contribution in [-0.4, -0.2) is 101 Å². The molecular formula is C20H37IN8O3. The predicted molar refractivity (Wildman–Crippen MR) is 132 cm³/mol. The first-order valence-corrected chi connectivity index (χ1v) is 10.9. The number of nitrogens with zero attached hydrogens (tertiary/aromatic N) is 6. The maximum atomic E-state index is 12.2. The van der Waals surface area contributed by atoms with Crippen LogP contribution in [0.25, 0.3) is 0 Å². The molecule has 182 valence electrons. The maximum Gasteiger partial charge on any atom is 0.410 e. The van der Waals surface area contributed by atoms with Gasteiger partial charge in [-0.15, -0.1) is 34.2 Å². The molecule has 2 saturated heterocycles. The monoisotopic (exact) mass is 564 g/mol. The molecule has 2 N–H and O–H groups in total. The standard InChI is InChI=1S/C20H36N8O3.HI/c1-15-24-25-17(26(15)5)12-22-18(21-6-7-27-8-10-30-11-9-27)23-16-13-28(14-16)19(29)31-20(2,3)4;/h16H,6-14H2,1-5H3,(H2,21,22,23);1H. The molecule has 0 atom stereocenters. The molecule has 3 heterocycles. The Bertz CT molecular complexity index is 767. The van der Waals surface area contributed by atoms with Gasteiger partial charge in [0.05, 0.1) is 19.3 Å². The normalized spacial score (nSPS) is 18.0. The molecule has 32 heavy (non-hydrogen) atoms. The van der Waals surface area contributed by atoms with Crippen LogP contribution in [0.2, 0.25) is 0 Å². The highest BCUT2D eigenvalue weighted by Gasteiger charge is 2.34. The molecule has 0 bridgehead atoms. The van der Waals surface area contributed by atoms with Crippen LogP contribution in [0.5, 0.6) is 0 Å². The van der Waals surface area contributed by atoms with Gasteiger partial charge >= 0.3 is 6.09 Å². The van der Waals surface area contributed by atoms with Gasteiger partial charge < -0.3 is 29.6 Å². The average Bonchev–Trinajstić information content (AvgIpc) is 2.99. The number of ether oxygens (including phenoxy) is 2. The lowest BCUT2D eigenvalue weighted by atomic mass is 10.1. The molecule has 1 aromatic rings. The fourth-order valence-electron chi connectivity index (χ4n) is 3.29. The number of nitrogens with one attached hydrogen (secondary N) is 2. The second-order valence-corrected chi connectivity index (χ2v) is 8.99. The quantitative estimate of drug-likeness (QED) is 0.296. The van der Waals surface area contributed by atoms with Gasteiger partial charge in [-0.2, -0.15) is 0 Å². The SMILES string of the molecule is Cc1nnc(CN=C(NCCN2CCOCC2)NC2CN(C(=O)OC(C)(C)C)C2)n1C.I. The summed E-state index contributed by atoms with van der Waals surface area (Å²) in [6.45, 7) is 14.3. The number of hydrogen-bond acceptors (Lipinski definition) is 7. The summed E-state index contributed by atoms with van der Waals surface area (Å²) in [4.78, 5) is 20.9. The number of carbonyl (C=O) groups is 1. The van der Waals surface area contributed by atoms with Crippen molar-refractivity contribution in [3.8, 4) is 0 Å². The minimum absolute atomic E-state index is 0. The van der Waals surface area contributed by atoms with Gasteiger partial charge in [-0.1, -0.05) is 0 Å². The molecule has 12 heteroatoms. The van der Waals surface area contributed by atoms with E-state index in [-0.39, 0.29) is 36.1 Å². The lowest BCUT2D eigenvalue weighted by molar-refractivity contribution is 0.00698. The van der Waals surface area contributed by atoms with Crippen molar-refractivity contribution in [3.05, 3.63) is 11.6 Å². The van der Waals surface area contributed by atoms with E-state index in [9.17, 15) is 4.79 Å². The second kappa shape index (κ2) is 12.0. The molecule has 0 aliphatic carbocycles. The number of aromatic nitrogens is 3. The average molecular weight is 564 g/mol. The number of morpholine rings is 1. The van der Waals surface area contributed by atoms with E-state index in [0.717, 1.165) is 51.0 Å². The van der Waals surface area contributed by atoms with E-state index in [1.165, 1.54) is 0 Å². The summed E-state index contributed by atoms with van der Waals surface area (Å²) in [7, 11) is 1.93. The highest BCUT2D eigenvalue weighted by molar-refractivity contribution is 14.0. The van der Waals surface area contributed by atoms with E-state index in [2.05, 4.69) is 25.7 Å². The molecular weight excluding hydrogens is 527 g/mol. The number of carbonyl (C=O) groups excluding carboxylic acids is 1. The Hall–Kier alpha value is -1.67. The summed E-state index contributed by atoms with van der Waals surface area (Å²) in [5.41, 5.74) is -0.489. The molecule has 1 aromatic heterocycles. The van der Waals surface area contributed by atoms with E-state index in [1.54, 1.807) is 4.90 Å². The number of hydrogen-bond donors (Lipinski definition) is 2. The summed E-state index contributed by atoms with van der Waals surface area (Å²) >= 11 is 0. The summed E-state index contributed by atoms with van der Waals surface area (Å²) in [5, 5.41) is 15.1. The molecule has 0 unspecified atom stereocenters. The van der Waals surface area contributed by atoms with Crippen molar-refractivity contribution in [1.82, 2.24) is 35.2 Å². The zero-order chi connectivity index (χ0) is 22.4. The first-order chi connectivity index (χ1) is 14.7. The molecule has 0 radical (unpaired) electrons. The van der Waals surface area contributed by atoms with Crippen LogP contribution in [0.1, 0.15) is 32.4 Å². The van der Waals surface area contributed by atoms with Crippen LogP contribution < -0.4 is 10.6 Å².